The van der Waals surface area contributed by atoms with Gasteiger partial charge in [0, 0.05) is 22.9 Å². The summed E-state index contributed by atoms with van der Waals surface area (Å²) >= 11 is 5.45. The third-order valence-electron chi connectivity index (χ3n) is 2.78. The van der Waals surface area contributed by atoms with Gasteiger partial charge >= 0.3 is 0 Å². The first-order chi connectivity index (χ1) is 8.70. The topological polar surface area (TPSA) is 15.3 Å². The molecule has 0 spiro atoms. The molecule has 0 fully saturated rings. The first-order valence-corrected chi connectivity index (χ1v) is 7.54. The number of hydrogen-bond donors (Lipinski definition) is 1. The molecule has 0 aliphatic rings. The van der Waals surface area contributed by atoms with Gasteiger partial charge in [-0.1, -0.05) is 12.1 Å². The molecule has 0 aliphatic heterocycles. The highest BCUT2D eigenvalue weighted by atomic mass is 79.9. The molecule has 18 heavy (non-hydrogen) atoms. The highest BCUT2D eigenvalue weighted by Gasteiger charge is 2.07. The Labute approximate surface area is 121 Å². The molecule has 0 saturated heterocycles. The number of thiophene rings is 1. The van der Waals surface area contributed by atoms with Crippen LogP contribution in [0.1, 0.15) is 10.4 Å². The predicted octanol–water partition coefficient (Wildman–Crippen LogP) is 3.87. The van der Waals surface area contributed by atoms with Gasteiger partial charge in [0.15, 0.2) is 0 Å². The largest absolute Gasteiger partial charge is 0.369 e. The SMILES string of the molecule is CNCc1ccc(N(C)Cc2cccs2)c(Br)c1. The number of rotatable bonds is 5. The molecule has 0 bridgehead atoms. The quantitative estimate of drug-likeness (QED) is 0.898. The smallest absolute Gasteiger partial charge is 0.0519 e. The summed E-state index contributed by atoms with van der Waals surface area (Å²) in [5, 5.41) is 5.28. The molecule has 4 heteroatoms. The molecule has 0 radical (unpaired) electrons. The van der Waals surface area contributed by atoms with E-state index in [1.165, 1.54) is 16.1 Å². The Bertz CT molecular complexity index is 497. The second kappa shape index (κ2) is 6.36. The second-order valence-electron chi connectivity index (χ2n) is 4.25. The van der Waals surface area contributed by atoms with Crippen LogP contribution in [-0.2, 0) is 13.1 Å². The maximum atomic E-state index is 3.66. The van der Waals surface area contributed by atoms with Crippen LogP contribution in [0.25, 0.3) is 0 Å². The molecule has 2 aromatic rings. The standard InChI is InChI=1S/C14H17BrN2S/c1-16-9-11-5-6-14(13(15)8-11)17(2)10-12-4-3-7-18-12/h3-8,16H,9-10H2,1-2H3. The van der Waals surface area contributed by atoms with E-state index in [0.717, 1.165) is 17.6 Å². The zero-order chi connectivity index (χ0) is 13.0. The van der Waals surface area contributed by atoms with Crippen molar-refractivity contribution < 1.29 is 0 Å². The fraction of sp³-hybridized carbons (Fsp3) is 0.286. The minimum atomic E-state index is 0.896. The van der Waals surface area contributed by atoms with Crippen LogP contribution in [0.15, 0.2) is 40.2 Å². The van der Waals surface area contributed by atoms with Crippen LogP contribution in [0.3, 0.4) is 0 Å². The summed E-state index contributed by atoms with van der Waals surface area (Å²) in [6.45, 7) is 1.84. The van der Waals surface area contributed by atoms with E-state index in [4.69, 9.17) is 0 Å². The first kappa shape index (κ1) is 13.6. The monoisotopic (exact) mass is 324 g/mol. The van der Waals surface area contributed by atoms with Crippen molar-refractivity contribution in [2.75, 3.05) is 19.0 Å². The molecule has 1 heterocycles. The summed E-state index contributed by atoms with van der Waals surface area (Å²) in [4.78, 5) is 3.64. The number of nitrogens with one attached hydrogen (secondary N) is 1. The van der Waals surface area contributed by atoms with Gasteiger partial charge in [0.1, 0.15) is 0 Å². The Balaban J connectivity index is 2.12. The first-order valence-electron chi connectivity index (χ1n) is 5.87. The summed E-state index contributed by atoms with van der Waals surface area (Å²) < 4.78 is 1.15. The zero-order valence-corrected chi connectivity index (χ0v) is 13.0. The van der Waals surface area contributed by atoms with E-state index < -0.39 is 0 Å². The van der Waals surface area contributed by atoms with Crippen LogP contribution < -0.4 is 10.2 Å². The fourth-order valence-corrected chi connectivity index (χ4v) is 3.38. The van der Waals surface area contributed by atoms with Crippen molar-refractivity contribution in [3.05, 3.63) is 50.6 Å². The molecule has 1 aromatic heterocycles. The highest BCUT2D eigenvalue weighted by Crippen LogP contribution is 2.28. The fourth-order valence-electron chi connectivity index (χ4n) is 1.90. The van der Waals surface area contributed by atoms with E-state index in [0.29, 0.717) is 0 Å². The molecule has 0 saturated carbocycles. The Morgan fingerprint density at radius 1 is 1.33 bits per heavy atom. The lowest BCUT2D eigenvalue weighted by atomic mass is 10.2. The Morgan fingerprint density at radius 2 is 2.17 bits per heavy atom. The molecule has 2 rings (SSSR count). The normalized spacial score (nSPS) is 10.6. The highest BCUT2D eigenvalue weighted by molar-refractivity contribution is 9.10. The number of hydrogen-bond acceptors (Lipinski definition) is 3. The minimum absolute atomic E-state index is 0.896. The van der Waals surface area contributed by atoms with Crippen molar-refractivity contribution >= 4 is 33.0 Å². The van der Waals surface area contributed by atoms with Gasteiger partial charge < -0.3 is 10.2 Å². The maximum Gasteiger partial charge on any atom is 0.0519 e. The summed E-state index contributed by atoms with van der Waals surface area (Å²) in [5.41, 5.74) is 2.51. The van der Waals surface area contributed by atoms with Crippen molar-refractivity contribution in [3.63, 3.8) is 0 Å². The Morgan fingerprint density at radius 3 is 2.78 bits per heavy atom. The Hall–Kier alpha value is -0.840. The second-order valence-corrected chi connectivity index (χ2v) is 6.14. The summed E-state index contributed by atoms with van der Waals surface area (Å²) in [6.07, 6.45) is 0. The summed E-state index contributed by atoms with van der Waals surface area (Å²) in [7, 11) is 4.09. The van der Waals surface area contributed by atoms with Gasteiger partial charge in [-0.3, -0.25) is 0 Å². The van der Waals surface area contributed by atoms with Gasteiger partial charge in [0.05, 0.1) is 12.2 Å². The summed E-state index contributed by atoms with van der Waals surface area (Å²) in [6, 6.07) is 10.8. The van der Waals surface area contributed by atoms with Gasteiger partial charge in [-0.05, 0) is 52.1 Å². The van der Waals surface area contributed by atoms with E-state index in [2.05, 4.69) is 68.9 Å². The van der Waals surface area contributed by atoms with Crippen molar-refractivity contribution in [1.29, 1.82) is 0 Å². The third kappa shape index (κ3) is 3.34. The third-order valence-corrected chi connectivity index (χ3v) is 4.27. The average Bonchev–Trinajstić information content (AvgIpc) is 2.82. The van der Waals surface area contributed by atoms with E-state index in [1.54, 1.807) is 11.3 Å². The van der Waals surface area contributed by atoms with Gasteiger partial charge in [0.25, 0.3) is 0 Å². The molecule has 0 aliphatic carbocycles. The van der Waals surface area contributed by atoms with Crippen LogP contribution >= 0.6 is 27.3 Å². The zero-order valence-electron chi connectivity index (χ0n) is 10.6. The van der Waals surface area contributed by atoms with Crippen LogP contribution in [0, 0.1) is 0 Å². The molecule has 1 aromatic carbocycles. The molecule has 0 atom stereocenters. The predicted molar refractivity (Wildman–Crippen MR) is 83.3 cm³/mol. The molecule has 0 amide bonds. The van der Waals surface area contributed by atoms with E-state index in [-0.39, 0.29) is 0 Å². The lowest BCUT2D eigenvalue weighted by molar-refractivity contribution is 0.816. The van der Waals surface area contributed by atoms with Crippen LogP contribution in [0.5, 0.6) is 0 Å². The lowest BCUT2D eigenvalue weighted by Gasteiger charge is -2.20. The van der Waals surface area contributed by atoms with Gasteiger partial charge in [0.2, 0.25) is 0 Å². The number of halogens is 1. The van der Waals surface area contributed by atoms with E-state index in [1.807, 2.05) is 7.05 Å². The van der Waals surface area contributed by atoms with E-state index >= 15 is 0 Å². The maximum absolute atomic E-state index is 3.66. The van der Waals surface area contributed by atoms with E-state index in [9.17, 15) is 0 Å². The van der Waals surface area contributed by atoms with Crippen molar-refractivity contribution in [3.8, 4) is 0 Å². The van der Waals surface area contributed by atoms with Crippen molar-refractivity contribution in [2.24, 2.45) is 0 Å². The van der Waals surface area contributed by atoms with Crippen LogP contribution in [0.4, 0.5) is 5.69 Å². The molecule has 1 N–H and O–H groups in total. The van der Waals surface area contributed by atoms with Gasteiger partial charge in [-0.2, -0.15) is 0 Å². The average molecular weight is 325 g/mol. The number of nitrogens with zero attached hydrogens (tertiary/aromatic N) is 1. The van der Waals surface area contributed by atoms with Crippen molar-refractivity contribution in [2.45, 2.75) is 13.1 Å². The molecule has 96 valence electrons. The molecular formula is C14H17BrN2S. The number of anilines is 1. The minimum Gasteiger partial charge on any atom is -0.369 e. The molecule has 2 nitrogen and oxygen atoms in total. The molecular weight excluding hydrogens is 308 g/mol. The number of benzene rings is 1. The molecule has 0 unspecified atom stereocenters. The van der Waals surface area contributed by atoms with Crippen molar-refractivity contribution in [1.82, 2.24) is 5.32 Å². The summed E-state index contributed by atoms with van der Waals surface area (Å²) in [5.74, 6) is 0. The Kier molecular flexibility index (Phi) is 4.80. The van der Waals surface area contributed by atoms with Gasteiger partial charge in [-0.25, -0.2) is 0 Å². The van der Waals surface area contributed by atoms with Crippen LogP contribution in [0.2, 0.25) is 0 Å². The lowest BCUT2D eigenvalue weighted by Crippen LogP contribution is -2.16. The van der Waals surface area contributed by atoms with Crippen LogP contribution in [-0.4, -0.2) is 14.1 Å². The van der Waals surface area contributed by atoms with Gasteiger partial charge in [-0.15, -0.1) is 11.3 Å².